The van der Waals surface area contributed by atoms with Gasteiger partial charge in [0.15, 0.2) is 5.78 Å². The van der Waals surface area contributed by atoms with E-state index in [0.29, 0.717) is 49.7 Å². The fourth-order valence-corrected chi connectivity index (χ4v) is 9.01. The van der Waals surface area contributed by atoms with E-state index >= 15 is 0 Å². The second kappa shape index (κ2) is 17.6. The molecule has 2 fully saturated rings. The van der Waals surface area contributed by atoms with Crippen molar-refractivity contribution in [2.24, 2.45) is 23.0 Å². The molecule has 0 saturated heterocycles. The highest BCUT2D eigenvalue weighted by Crippen LogP contribution is 2.63. The number of rotatable bonds is 15. The van der Waals surface area contributed by atoms with E-state index in [0.717, 1.165) is 40.8 Å². The number of nitrogens with one attached hydrogen (secondary N) is 2. The quantitative estimate of drug-likeness (QED) is 0.0778. The molecule has 1 aromatic carbocycles. The number of ketones is 1. The fraction of sp³-hybridized carbons (Fsp3) is 0.571. The van der Waals surface area contributed by atoms with Crippen LogP contribution in [-0.4, -0.2) is 69.6 Å². The SMILES string of the molecule is C=C(/C=C/C=C(/CO)[C@H]1CC[C@@]2([C@H](CCCO)/C(=C(\C)C(=O)Cc3cccc4c3CC(=O)N[C@H]4N)CC[C@@]2(C)O)[C@@H]1O)[C@H](CC=C(C)C)NCC. The van der Waals surface area contributed by atoms with Gasteiger partial charge in [-0.1, -0.05) is 67.2 Å². The number of aliphatic hydroxyl groups is 4. The summed E-state index contributed by atoms with van der Waals surface area (Å²) in [6.07, 6.45) is 10.2. The second-order valence-electron chi connectivity index (χ2n) is 15.2. The van der Waals surface area contributed by atoms with E-state index in [4.69, 9.17) is 5.73 Å². The van der Waals surface area contributed by atoms with Gasteiger partial charge in [0, 0.05) is 30.4 Å². The van der Waals surface area contributed by atoms with Crippen LogP contribution in [0.2, 0.25) is 0 Å². The number of likely N-dealkylation sites (N-methyl/N-ethyl adjacent to an activating group) is 1. The van der Waals surface area contributed by atoms with Crippen LogP contribution in [0.25, 0.3) is 0 Å². The average Bonchev–Trinajstić information content (AvgIpc) is 3.43. The van der Waals surface area contributed by atoms with Crippen molar-refractivity contribution in [1.29, 1.82) is 0 Å². The van der Waals surface area contributed by atoms with Crippen LogP contribution >= 0.6 is 0 Å². The summed E-state index contributed by atoms with van der Waals surface area (Å²) >= 11 is 0. The number of allylic oxidation sites excluding steroid dienone is 5. The number of carbonyl (C=O) groups excluding carboxylic acids is 2. The molecular formula is C42H61N3O6. The molecule has 0 bridgehead atoms. The van der Waals surface area contributed by atoms with Crippen LogP contribution in [-0.2, 0) is 22.4 Å². The lowest BCUT2D eigenvalue weighted by molar-refractivity contribution is -0.167. The molecule has 9 nitrogen and oxygen atoms in total. The highest BCUT2D eigenvalue weighted by molar-refractivity contribution is 5.97. The van der Waals surface area contributed by atoms with E-state index in [1.54, 1.807) is 6.92 Å². The summed E-state index contributed by atoms with van der Waals surface area (Å²) in [7, 11) is 0. The van der Waals surface area contributed by atoms with E-state index in [9.17, 15) is 30.0 Å². The van der Waals surface area contributed by atoms with Crippen molar-refractivity contribution in [1.82, 2.24) is 10.6 Å². The molecule has 1 spiro atoms. The molecule has 1 heterocycles. The molecule has 0 unspecified atom stereocenters. The van der Waals surface area contributed by atoms with Crippen molar-refractivity contribution in [3.05, 3.63) is 93.6 Å². The third-order valence-corrected chi connectivity index (χ3v) is 11.8. The van der Waals surface area contributed by atoms with E-state index in [1.807, 2.05) is 43.4 Å². The van der Waals surface area contributed by atoms with Gasteiger partial charge < -0.3 is 36.8 Å². The van der Waals surface area contributed by atoms with Gasteiger partial charge in [-0.25, -0.2) is 0 Å². The maximum Gasteiger partial charge on any atom is 0.225 e. The van der Waals surface area contributed by atoms with E-state index in [1.165, 1.54) is 5.57 Å². The molecule has 1 aliphatic heterocycles. The Balaban J connectivity index is 1.65. The summed E-state index contributed by atoms with van der Waals surface area (Å²) in [5, 5.41) is 51.2. The molecule has 4 rings (SSSR count). The summed E-state index contributed by atoms with van der Waals surface area (Å²) in [5.74, 6) is -1.00. The molecule has 9 heteroatoms. The zero-order valence-electron chi connectivity index (χ0n) is 31.3. The Morgan fingerprint density at radius 2 is 1.96 bits per heavy atom. The molecule has 3 aliphatic rings. The minimum absolute atomic E-state index is 0.0506. The van der Waals surface area contributed by atoms with Crippen LogP contribution in [0, 0.1) is 17.3 Å². The van der Waals surface area contributed by atoms with Crippen LogP contribution < -0.4 is 16.4 Å². The van der Waals surface area contributed by atoms with Crippen molar-refractivity contribution in [3.8, 4) is 0 Å². The maximum atomic E-state index is 14.1. The maximum absolute atomic E-state index is 14.1. The molecule has 280 valence electrons. The Hall–Kier alpha value is -3.18. The van der Waals surface area contributed by atoms with Gasteiger partial charge in [0.05, 0.1) is 24.7 Å². The van der Waals surface area contributed by atoms with Gasteiger partial charge in [0.25, 0.3) is 0 Å². The summed E-state index contributed by atoms with van der Waals surface area (Å²) < 4.78 is 0. The van der Waals surface area contributed by atoms with Crippen LogP contribution in [0.3, 0.4) is 0 Å². The van der Waals surface area contributed by atoms with Crippen molar-refractivity contribution in [3.63, 3.8) is 0 Å². The lowest BCUT2D eigenvalue weighted by Crippen LogP contribution is -2.59. The van der Waals surface area contributed by atoms with Gasteiger partial charge in [0.2, 0.25) is 5.91 Å². The first-order valence-electron chi connectivity index (χ1n) is 18.7. The Kier molecular flexibility index (Phi) is 14.0. The zero-order valence-corrected chi connectivity index (χ0v) is 31.3. The topological polar surface area (TPSA) is 165 Å². The Morgan fingerprint density at radius 1 is 1.22 bits per heavy atom. The number of benzene rings is 1. The number of hydrogen-bond donors (Lipinski definition) is 7. The normalized spacial score (nSPS) is 29.5. The molecule has 1 amide bonds. The van der Waals surface area contributed by atoms with Gasteiger partial charge in [-0.3, -0.25) is 9.59 Å². The lowest BCUT2D eigenvalue weighted by atomic mass is 9.52. The minimum Gasteiger partial charge on any atom is -0.396 e. The van der Waals surface area contributed by atoms with E-state index in [-0.39, 0.29) is 49.7 Å². The third kappa shape index (κ3) is 8.73. The summed E-state index contributed by atoms with van der Waals surface area (Å²) in [4.78, 5) is 26.4. The van der Waals surface area contributed by atoms with Gasteiger partial charge in [-0.15, -0.1) is 0 Å². The average molecular weight is 704 g/mol. The lowest BCUT2D eigenvalue weighted by Gasteiger charge is -2.55. The third-order valence-electron chi connectivity index (χ3n) is 11.8. The number of hydrogen-bond acceptors (Lipinski definition) is 8. The predicted molar refractivity (Wildman–Crippen MR) is 202 cm³/mol. The zero-order chi connectivity index (χ0) is 37.5. The van der Waals surface area contributed by atoms with Crippen LogP contribution in [0.15, 0.2) is 76.9 Å². The summed E-state index contributed by atoms with van der Waals surface area (Å²) in [6.45, 7) is 14.6. The van der Waals surface area contributed by atoms with Gasteiger partial charge in [-0.05, 0) is 119 Å². The van der Waals surface area contributed by atoms with E-state index < -0.39 is 29.2 Å². The van der Waals surface area contributed by atoms with Crippen molar-refractivity contribution in [2.45, 2.75) is 116 Å². The molecule has 7 atom stereocenters. The number of Topliss-reactive ketones (excluding diaryl/α,β-unsaturated/α-hetero) is 1. The molecule has 2 aliphatic carbocycles. The fourth-order valence-electron chi connectivity index (χ4n) is 9.01. The highest BCUT2D eigenvalue weighted by atomic mass is 16.3. The molecule has 1 aromatic rings. The van der Waals surface area contributed by atoms with Crippen molar-refractivity contribution >= 4 is 11.7 Å². The smallest absolute Gasteiger partial charge is 0.225 e. The molecular weight excluding hydrogens is 642 g/mol. The van der Waals surface area contributed by atoms with Crippen molar-refractivity contribution in [2.75, 3.05) is 19.8 Å². The monoisotopic (exact) mass is 703 g/mol. The number of aliphatic hydroxyl groups excluding tert-OH is 3. The van der Waals surface area contributed by atoms with Crippen molar-refractivity contribution < 1.29 is 30.0 Å². The van der Waals surface area contributed by atoms with Crippen LogP contribution in [0.1, 0.15) is 102 Å². The molecule has 51 heavy (non-hydrogen) atoms. The number of nitrogens with two attached hydrogens (primary N) is 1. The Morgan fingerprint density at radius 3 is 2.63 bits per heavy atom. The second-order valence-corrected chi connectivity index (χ2v) is 15.2. The first-order chi connectivity index (χ1) is 24.2. The largest absolute Gasteiger partial charge is 0.396 e. The van der Waals surface area contributed by atoms with Crippen LogP contribution in [0.4, 0.5) is 0 Å². The first-order valence-corrected chi connectivity index (χ1v) is 18.7. The molecule has 0 aromatic heterocycles. The summed E-state index contributed by atoms with van der Waals surface area (Å²) in [5.41, 5.74) is 10.7. The van der Waals surface area contributed by atoms with Gasteiger partial charge >= 0.3 is 0 Å². The van der Waals surface area contributed by atoms with Gasteiger partial charge in [0.1, 0.15) is 6.17 Å². The number of amides is 1. The molecule has 2 saturated carbocycles. The van der Waals surface area contributed by atoms with Gasteiger partial charge in [-0.2, -0.15) is 0 Å². The predicted octanol–water partition coefficient (Wildman–Crippen LogP) is 4.80. The Labute approximate surface area is 304 Å². The first kappa shape index (κ1) is 40.6. The minimum atomic E-state index is -1.25. The highest BCUT2D eigenvalue weighted by Gasteiger charge is 2.64. The number of fused-ring (bicyclic) bond motifs is 1. The molecule has 0 radical (unpaired) electrons. The molecule has 8 N–H and O–H groups in total. The van der Waals surface area contributed by atoms with E-state index in [2.05, 4.69) is 44.1 Å². The Bertz CT molecular complexity index is 1570. The standard InChI is InChI=1S/C42H61N3O6/c1-7-44-36(17-16-26(2)3)27(4)11-8-13-30(25-47)32-19-21-42(39(32)50)35(15-10-22-46)31(18-20-41(42,6)51)28(5)37(48)23-29-12-9-14-33-34(29)24-38(49)45-40(33)43/h8-9,11-14,16,32,35-36,39-40,44,46-47,50-51H,4,7,10,15,17-25,43H2,1-3,5-6H3,(H,45,49)/b11-8+,30-13-,31-28+/t32-,35-,36+,39-,40-,41-,42-/m1/s1. The van der Waals surface area contributed by atoms with Crippen LogP contribution in [0.5, 0.6) is 0 Å². The summed E-state index contributed by atoms with van der Waals surface area (Å²) in [6, 6.07) is 5.69. The number of carbonyl (C=O) groups is 2.